The maximum absolute atomic E-state index is 17.2. The number of imidazole rings is 1. The molecule has 0 radical (unpaired) electrons. The second kappa shape index (κ2) is 19.9. The largest absolute Gasteiger partial charge is 0.461 e. The summed E-state index contributed by atoms with van der Waals surface area (Å²) in [6, 6.07) is 13.9. The van der Waals surface area contributed by atoms with Crippen molar-refractivity contribution >= 4 is 56.4 Å². The van der Waals surface area contributed by atoms with E-state index in [1.165, 1.54) is 10.6 Å². The first kappa shape index (κ1) is 48.9. The number of hydrogen-bond acceptors (Lipinski definition) is 13. The molecule has 12 rings (SSSR count). The zero-order valence-corrected chi connectivity index (χ0v) is 42.0. The highest BCUT2D eigenvalue weighted by Crippen LogP contribution is 2.44. The molecule has 5 atom stereocenters. The summed E-state index contributed by atoms with van der Waals surface area (Å²) < 4.78 is 54.2. The number of likely N-dealkylation sites (tertiary alicyclic amines) is 1. The van der Waals surface area contributed by atoms with Gasteiger partial charge in [0.15, 0.2) is 5.82 Å². The molecule has 6 saturated heterocycles. The van der Waals surface area contributed by atoms with Gasteiger partial charge in [0.2, 0.25) is 11.8 Å². The van der Waals surface area contributed by atoms with Crippen molar-refractivity contribution in [3.05, 3.63) is 88.0 Å². The van der Waals surface area contributed by atoms with Crippen molar-refractivity contribution in [1.82, 2.24) is 44.5 Å². The van der Waals surface area contributed by atoms with Crippen molar-refractivity contribution in [2.24, 2.45) is 7.05 Å². The molecule has 6 aromatic rings. The van der Waals surface area contributed by atoms with E-state index >= 15 is 8.78 Å². The minimum Gasteiger partial charge on any atom is -0.461 e. The summed E-state index contributed by atoms with van der Waals surface area (Å²) in [4.78, 5) is 72.0. The smallest absolute Gasteiger partial charge is 0.409 e. The summed E-state index contributed by atoms with van der Waals surface area (Å²) in [5, 5.41) is 7.57. The van der Waals surface area contributed by atoms with Crippen molar-refractivity contribution < 1.29 is 37.4 Å². The molecular weight excluding hydrogens is 963 g/mol. The lowest BCUT2D eigenvalue weighted by molar-refractivity contribution is -0.135. The lowest BCUT2D eigenvalue weighted by Gasteiger charge is -2.36. The van der Waals surface area contributed by atoms with Crippen LogP contribution in [0, 0.1) is 24.0 Å². The normalized spacial score (nSPS) is 24.1. The molecule has 6 aliphatic heterocycles. The number of hydrogen-bond donors (Lipinski definition) is 2. The topological polar surface area (TPSA) is 178 Å². The molecular formula is C56H60F2N10O7. The number of amides is 3. The maximum Gasteiger partial charge on any atom is 0.409 e. The van der Waals surface area contributed by atoms with Crippen LogP contribution in [0.15, 0.2) is 59.5 Å². The lowest BCUT2D eigenvalue weighted by Crippen LogP contribution is -2.51. The highest BCUT2D eigenvalue weighted by Gasteiger charge is 2.50. The van der Waals surface area contributed by atoms with Gasteiger partial charge in [-0.25, -0.2) is 18.4 Å². The number of rotatable bonds is 13. The molecule has 3 amide bonds. The van der Waals surface area contributed by atoms with Gasteiger partial charge in [-0.1, -0.05) is 42.3 Å². The molecule has 6 fully saturated rings. The number of aromatic nitrogens is 5. The Labute approximate surface area is 431 Å². The molecule has 390 valence electrons. The Hall–Kier alpha value is -7.01. The molecule has 9 heterocycles. The summed E-state index contributed by atoms with van der Waals surface area (Å²) in [6.45, 7) is 4.33. The fourth-order valence-corrected chi connectivity index (χ4v) is 13.1. The van der Waals surface area contributed by atoms with Gasteiger partial charge in [0.25, 0.3) is 0 Å². The minimum atomic E-state index is -0.737. The number of nitrogens with one attached hydrogen (secondary N) is 2. The highest BCUT2D eigenvalue weighted by atomic mass is 19.1. The Kier molecular flexibility index (Phi) is 13.0. The monoisotopic (exact) mass is 1020 g/mol. The van der Waals surface area contributed by atoms with Crippen molar-refractivity contribution in [3.63, 3.8) is 0 Å². The Bertz CT molecular complexity index is 3360. The summed E-state index contributed by atoms with van der Waals surface area (Å²) in [7, 11) is 1.71. The van der Waals surface area contributed by atoms with E-state index in [-0.39, 0.29) is 96.3 Å². The van der Waals surface area contributed by atoms with Crippen LogP contribution in [0.5, 0.6) is 6.01 Å². The number of para-hydroxylation sites is 1. The van der Waals surface area contributed by atoms with E-state index in [1.54, 1.807) is 40.9 Å². The van der Waals surface area contributed by atoms with E-state index in [0.29, 0.717) is 85.1 Å². The molecule has 75 heavy (non-hydrogen) atoms. The second-order valence-corrected chi connectivity index (χ2v) is 21.2. The summed E-state index contributed by atoms with van der Waals surface area (Å²) in [5.74, 6) is 1.00. The number of piperidine rings is 2. The maximum atomic E-state index is 17.2. The number of carbonyl (C=O) groups is 3. The molecule has 2 N–H and O–H groups in total. The average Bonchev–Trinajstić information content (AvgIpc) is 4.19. The first-order valence-corrected chi connectivity index (χ1v) is 26.5. The zero-order chi connectivity index (χ0) is 51.5. The molecule has 0 spiro atoms. The molecule has 3 aromatic carbocycles. The van der Waals surface area contributed by atoms with Crippen LogP contribution >= 0.6 is 0 Å². The number of fused-ring (bicyclic) bond motifs is 6. The van der Waals surface area contributed by atoms with Gasteiger partial charge in [0.1, 0.15) is 42.1 Å². The number of nitrogens with zero attached hydrogens (tertiary/aromatic N) is 8. The molecule has 6 aliphatic rings. The molecule has 3 unspecified atom stereocenters. The Morgan fingerprint density at radius 1 is 0.947 bits per heavy atom. The third-order valence-corrected chi connectivity index (χ3v) is 16.8. The number of imide groups is 1. The van der Waals surface area contributed by atoms with E-state index < -0.39 is 23.6 Å². The van der Waals surface area contributed by atoms with Crippen LogP contribution in [-0.4, -0.2) is 134 Å². The second-order valence-electron chi connectivity index (χ2n) is 21.2. The van der Waals surface area contributed by atoms with E-state index in [2.05, 4.69) is 31.3 Å². The predicted octanol–water partition coefficient (Wildman–Crippen LogP) is 6.30. The molecule has 3 aromatic heterocycles. The quantitative estimate of drug-likeness (QED) is 0.0749. The first-order valence-electron chi connectivity index (χ1n) is 26.5. The zero-order valence-electron chi connectivity index (χ0n) is 42.0. The standard InChI is InChI=1S/C56H60F2N10O7/c1-3-39-42(57)16-13-33-8-4-11-40(46(33)39)48-47(58)49-41(28-59-48)51(66-29-35-14-15-36(30-66)60-35)63-53(62-49)75-32-56-22-7-24-67(56)37(19-23-56)31-74-55(72)65-25-20-38(21-26-65)73-27-6-10-34-9-5-12-43-50(34)64(2)54(71)68(43)44-17-18-45(69)61-52(44)70/h1,4-5,8-9,11-13,16,28,35-38,44,60H,6-7,10,14-15,17-27,29-32H2,2H3,(H,61,69,70)/t35?,36?,37-,44?,56-/m0/s1. The average molecular weight is 1020 g/mol. The Morgan fingerprint density at radius 2 is 1.76 bits per heavy atom. The van der Waals surface area contributed by atoms with Gasteiger partial charge in [-0.3, -0.25) is 33.9 Å². The summed E-state index contributed by atoms with van der Waals surface area (Å²) in [5.41, 5.74) is 2.28. The number of halogens is 2. The van der Waals surface area contributed by atoms with Crippen molar-refractivity contribution in [1.29, 1.82) is 0 Å². The van der Waals surface area contributed by atoms with Crippen molar-refractivity contribution in [2.45, 2.75) is 113 Å². The molecule has 0 saturated carbocycles. The Balaban J connectivity index is 0.670. The van der Waals surface area contributed by atoms with Crippen LogP contribution in [-0.2, 0) is 32.5 Å². The first-order chi connectivity index (χ1) is 36.5. The lowest BCUT2D eigenvalue weighted by atomic mass is 9.95. The molecule has 2 bridgehead atoms. The van der Waals surface area contributed by atoms with Gasteiger partial charge in [-0.2, -0.15) is 9.97 Å². The Morgan fingerprint density at radius 3 is 2.56 bits per heavy atom. The van der Waals surface area contributed by atoms with Crippen LogP contribution in [0.25, 0.3) is 44.0 Å². The van der Waals surface area contributed by atoms with Crippen molar-refractivity contribution in [2.75, 3.05) is 57.4 Å². The van der Waals surface area contributed by atoms with Crippen LogP contribution in [0.1, 0.15) is 87.8 Å². The predicted molar refractivity (Wildman–Crippen MR) is 276 cm³/mol. The fourth-order valence-electron chi connectivity index (χ4n) is 13.1. The van der Waals surface area contributed by atoms with Crippen LogP contribution in [0.3, 0.4) is 0 Å². The van der Waals surface area contributed by atoms with Gasteiger partial charge < -0.3 is 29.3 Å². The van der Waals surface area contributed by atoms with E-state index in [1.807, 2.05) is 24.3 Å². The summed E-state index contributed by atoms with van der Waals surface area (Å²) >= 11 is 0. The van der Waals surface area contributed by atoms with Gasteiger partial charge in [-0.15, -0.1) is 6.42 Å². The van der Waals surface area contributed by atoms with Crippen molar-refractivity contribution in [3.8, 4) is 29.6 Å². The number of piperazine rings is 1. The number of benzene rings is 3. The highest BCUT2D eigenvalue weighted by molar-refractivity contribution is 6.02. The number of anilines is 1. The van der Waals surface area contributed by atoms with Crippen LogP contribution < -0.4 is 26.0 Å². The van der Waals surface area contributed by atoms with Gasteiger partial charge >= 0.3 is 17.8 Å². The number of aryl methyl sites for hydroxylation is 2. The van der Waals surface area contributed by atoms with Crippen LogP contribution in [0.4, 0.5) is 19.4 Å². The molecule has 19 heteroatoms. The fraction of sp³-hybridized carbons (Fsp3) is 0.482. The molecule has 17 nitrogen and oxygen atoms in total. The number of carbonyl (C=O) groups excluding carboxylic acids is 3. The third kappa shape index (κ3) is 8.93. The molecule has 0 aliphatic carbocycles. The number of ether oxygens (including phenoxy) is 3. The van der Waals surface area contributed by atoms with E-state index in [9.17, 15) is 19.2 Å². The van der Waals surface area contributed by atoms with Gasteiger partial charge in [0, 0.05) is 81.5 Å². The third-order valence-electron chi connectivity index (χ3n) is 16.8. The van der Waals surface area contributed by atoms with Gasteiger partial charge in [-0.05, 0) is 100 Å². The summed E-state index contributed by atoms with van der Waals surface area (Å²) in [6.07, 6.45) is 15.9. The minimum absolute atomic E-state index is 0.00457. The van der Waals surface area contributed by atoms with E-state index in [0.717, 1.165) is 62.6 Å². The SMILES string of the molecule is C#Cc1c(F)ccc2cccc(-c3ncc4c(N5CC6CCC(C5)N6)nc(OC[C@@]56CCCN5[C@H](COC(=O)N5CCC(OCCCc7cccc8c7n(C)c(=O)n8C7CCC(=O)NC7=O)CC5)CC6)nc4c3F)c12. The van der Waals surface area contributed by atoms with E-state index in [4.69, 9.17) is 30.6 Å². The van der Waals surface area contributed by atoms with Crippen LogP contribution in [0.2, 0.25) is 0 Å². The van der Waals surface area contributed by atoms with Gasteiger partial charge in [0.05, 0.1) is 33.6 Å². The number of terminal acetylenes is 1. The number of pyridine rings is 1.